The lowest BCUT2D eigenvalue weighted by Gasteiger charge is -2.29. The maximum atomic E-state index is 12.3. The molecule has 8 heteroatoms. The van der Waals surface area contributed by atoms with Crippen molar-refractivity contribution in [1.29, 1.82) is 0 Å². The van der Waals surface area contributed by atoms with Gasteiger partial charge in [0.05, 0.1) is 0 Å². The molecular formula is C30H56N4O4. The molecule has 4 amide bonds. The summed E-state index contributed by atoms with van der Waals surface area (Å²) in [6.07, 6.45) is 15.3. The van der Waals surface area contributed by atoms with Gasteiger partial charge in [-0.1, -0.05) is 71.6 Å². The second-order valence-corrected chi connectivity index (χ2v) is 11.3. The summed E-state index contributed by atoms with van der Waals surface area (Å²) in [6, 6.07) is 0. The average molecular weight is 537 g/mol. The Bertz CT molecular complexity index is 644. The molecule has 0 aromatic carbocycles. The van der Waals surface area contributed by atoms with Gasteiger partial charge in [0.2, 0.25) is 23.6 Å². The summed E-state index contributed by atoms with van der Waals surface area (Å²) in [6.45, 7) is 6.90. The van der Waals surface area contributed by atoms with Gasteiger partial charge in [0.25, 0.3) is 0 Å². The zero-order valence-electron chi connectivity index (χ0n) is 24.8. The van der Waals surface area contributed by atoms with Crippen molar-refractivity contribution < 1.29 is 19.2 Å². The quantitative estimate of drug-likeness (QED) is 0.175. The topological polar surface area (TPSA) is 98.8 Å². The minimum atomic E-state index is -0.212. The van der Waals surface area contributed by atoms with Crippen LogP contribution in [0.5, 0.6) is 0 Å². The van der Waals surface area contributed by atoms with E-state index < -0.39 is 0 Å². The van der Waals surface area contributed by atoms with Crippen LogP contribution in [-0.2, 0) is 19.2 Å². The molecule has 2 N–H and O–H groups in total. The molecule has 1 saturated carbocycles. The number of amides is 4. The Labute approximate surface area is 232 Å². The molecule has 2 atom stereocenters. The summed E-state index contributed by atoms with van der Waals surface area (Å²) < 4.78 is 0. The smallest absolute Gasteiger partial charge is 0.231 e. The summed E-state index contributed by atoms with van der Waals surface area (Å²) in [5.74, 6) is 0.0216. The van der Waals surface area contributed by atoms with Crippen LogP contribution in [0.4, 0.5) is 0 Å². The Morgan fingerprint density at radius 2 is 1.03 bits per heavy atom. The maximum Gasteiger partial charge on any atom is 0.231 e. The van der Waals surface area contributed by atoms with Gasteiger partial charge in [-0.05, 0) is 43.9 Å². The highest BCUT2D eigenvalue weighted by atomic mass is 16.2. The van der Waals surface area contributed by atoms with Crippen LogP contribution >= 0.6 is 0 Å². The van der Waals surface area contributed by atoms with Gasteiger partial charge in [0.1, 0.15) is 12.8 Å². The van der Waals surface area contributed by atoms with E-state index in [9.17, 15) is 19.2 Å². The van der Waals surface area contributed by atoms with E-state index in [-0.39, 0.29) is 36.5 Å². The SMILES string of the molecule is CCCCCCCN(C)C(=O)CC(=O)NCC1CCCC(CNC(=O)CC(=O)N(C)CCCCCCC)C1. The second-order valence-electron chi connectivity index (χ2n) is 11.3. The van der Waals surface area contributed by atoms with E-state index in [4.69, 9.17) is 0 Å². The summed E-state index contributed by atoms with van der Waals surface area (Å²) in [4.78, 5) is 52.7. The van der Waals surface area contributed by atoms with Crippen molar-refractivity contribution in [3.05, 3.63) is 0 Å². The largest absolute Gasteiger partial charge is 0.355 e. The van der Waals surface area contributed by atoms with Gasteiger partial charge < -0.3 is 20.4 Å². The zero-order valence-corrected chi connectivity index (χ0v) is 24.8. The van der Waals surface area contributed by atoms with Crippen molar-refractivity contribution in [2.75, 3.05) is 40.3 Å². The molecule has 0 aromatic heterocycles. The molecule has 0 spiro atoms. The van der Waals surface area contributed by atoms with Crippen molar-refractivity contribution >= 4 is 23.6 Å². The third-order valence-corrected chi connectivity index (χ3v) is 7.74. The molecule has 8 nitrogen and oxygen atoms in total. The lowest BCUT2D eigenvalue weighted by molar-refractivity contribution is -0.136. The molecule has 1 rings (SSSR count). The molecule has 1 aliphatic carbocycles. The van der Waals surface area contributed by atoms with Gasteiger partial charge in [-0.2, -0.15) is 0 Å². The van der Waals surface area contributed by atoms with Crippen LogP contribution in [0, 0.1) is 11.8 Å². The monoisotopic (exact) mass is 536 g/mol. The Balaban J connectivity index is 2.23. The number of hydrogen-bond donors (Lipinski definition) is 2. The highest BCUT2D eigenvalue weighted by Crippen LogP contribution is 2.28. The van der Waals surface area contributed by atoms with Crippen molar-refractivity contribution in [1.82, 2.24) is 20.4 Å². The van der Waals surface area contributed by atoms with Gasteiger partial charge in [-0.15, -0.1) is 0 Å². The van der Waals surface area contributed by atoms with Crippen LogP contribution in [0.3, 0.4) is 0 Å². The fraction of sp³-hybridized carbons (Fsp3) is 0.867. The first-order valence-electron chi connectivity index (χ1n) is 15.3. The Morgan fingerprint density at radius 3 is 1.42 bits per heavy atom. The van der Waals surface area contributed by atoms with Crippen LogP contribution in [0.2, 0.25) is 0 Å². The highest BCUT2D eigenvalue weighted by molar-refractivity contribution is 5.97. The fourth-order valence-corrected chi connectivity index (χ4v) is 5.11. The number of nitrogens with zero attached hydrogens (tertiary/aromatic N) is 2. The van der Waals surface area contributed by atoms with Gasteiger partial charge >= 0.3 is 0 Å². The minimum absolute atomic E-state index is 0.0983. The van der Waals surface area contributed by atoms with Crippen LogP contribution in [-0.4, -0.2) is 73.7 Å². The molecular weight excluding hydrogens is 480 g/mol. The van der Waals surface area contributed by atoms with E-state index in [1.807, 2.05) is 0 Å². The van der Waals surface area contributed by atoms with E-state index in [2.05, 4.69) is 24.5 Å². The lowest BCUT2D eigenvalue weighted by atomic mass is 9.81. The zero-order chi connectivity index (χ0) is 28.2. The molecule has 2 unspecified atom stereocenters. The van der Waals surface area contributed by atoms with Crippen LogP contribution in [0.15, 0.2) is 0 Å². The van der Waals surface area contributed by atoms with E-state index >= 15 is 0 Å². The number of hydrogen-bond acceptors (Lipinski definition) is 4. The molecule has 220 valence electrons. The molecule has 0 aromatic rings. The van der Waals surface area contributed by atoms with Crippen LogP contribution < -0.4 is 10.6 Å². The molecule has 1 aliphatic rings. The van der Waals surface area contributed by atoms with Gasteiger partial charge in [-0.25, -0.2) is 0 Å². The first kappa shape index (κ1) is 33.9. The fourth-order valence-electron chi connectivity index (χ4n) is 5.11. The normalized spacial score (nSPS) is 17.1. The van der Waals surface area contributed by atoms with E-state index in [1.165, 1.54) is 38.5 Å². The van der Waals surface area contributed by atoms with Gasteiger partial charge in [0.15, 0.2) is 0 Å². The molecule has 0 aliphatic heterocycles. The second kappa shape index (κ2) is 20.8. The summed E-state index contributed by atoms with van der Waals surface area (Å²) in [5.41, 5.74) is 0. The standard InChI is InChI=1S/C30H56N4O4/c1-5-7-9-11-13-18-33(3)29(37)21-27(35)31-23-25-16-15-17-26(20-25)24-32-28(36)22-30(38)34(4)19-14-12-10-8-6-2/h25-26H,5-24H2,1-4H3,(H,31,35)(H,32,36). The van der Waals surface area contributed by atoms with E-state index in [0.717, 1.165) is 51.4 Å². The van der Waals surface area contributed by atoms with Gasteiger partial charge in [-0.3, -0.25) is 19.2 Å². The minimum Gasteiger partial charge on any atom is -0.355 e. The van der Waals surface area contributed by atoms with E-state index in [1.54, 1.807) is 23.9 Å². The number of carbonyl (C=O) groups is 4. The van der Waals surface area contributed by atoms with Crippen molar-refractivity contribution in [2.45, 2.75) is 117 Å². The Hall–Kier alpha value is -2.12. The molecule has 0 bridgehead atoms. The number of rotatable bonds is 20. The predicted molar refractivity (Wildman–Crippen MR) is 153 cm³/mol. The summed E-state index contributed by atoms with van der Waals surface area (Å²) in [7, 11) is 3.55. The molecule has 1 fully saturated rings. The van der Waals surface area contributed by atoms with Gasteiger partial charge in [0, 0.05) is 40.3 Å². The third kappa shape index (κ3) is 16.0. The maximum absolute atomic E-state index is 12.3. The van der Waals surface area contributed by atoms with Crippen LogP contribution in [0.25, 0.3) is 0 Å². The van der Waals surface area contributed by atoms with E-state index in [0.29, 0.717) is 38.0 Å². The molecule has 38 heavy (non-hydrogen) atoms. The molecule has 0 radical (unpaired) electrons. The molecule has 0 saturated heterocycles. The van der Waals surface area contributed by atoms with Crippen molar-refractivity contribution in [3.63, 3.8) is 0 Å². The van der Waals surface area contributed by atoms with Crippen molar-refractivity contribution in [3.8, 4) is 0 Å². The number of carbonyl (C=O) groups excluding carboxylic acids is 4. The summed E-state index contributed by atoms with van der Waals surface area (Å²) >= 11 is 0. The Morgan fingerprint density at radius 1 is 0.632 bits per heavy atom. The first-order chi connectivity index (χ1) is 18.3. The molecule has 0 heterocycles. The Kier molecular flexibility index (Phi) is 18.6. The number of nitrogens with one attached hydrogen (secondary N) is 2. The van der Waals surface area contributed by atoms with Crippen molar-refractivity contribution in [2.24, 2.45) is 11.8 Å². The average Bonchev–Trinajstić information content (AvgIpc) is 2.90. The predicted octanol–water partition coefficient (Wildman–Crippen LogP) is 4.66. The lowest BCUT2D eigenvalue weighted by Crippen LogP contribution is -2.39. The first-order valence-corrected chi connectivity index (χ1v) is 15.3. The number of unbranched alkanes of at least 4 members (excludes halogenated alkanes) is 8. The summed E-state index contributed by atoms with van der Waals surface area (Å²) in [5, 5.41) is 5.90. The highest BCUT2D eigenvalue weighted by Gasteiger charge is 2.24. The third-order valence-electron chi connectivity index (χ3n) is 7.74. The van der Waals surface area contributed by atoms with Crippen LogP contribution in [0.1, 0.15) is 117 Å².